The maximum atomic E-state index is 11.2. The minimum atomic E-state index is -3.91. The van der Waals surface area contributed by atoms with E-state index in [1.54, 1.807) is 36.4 Å². The lowest BCUT2D eigenvalue weighted by Crippen LogP contribution is -2.18. The van der Waals surface area contributed by atoms with Crippen molar-refractivity contribution < 1.29 is 27.2 Å². The maximum Gasteiger partial charge on any atom is 0.339 e. The molecule has 2 aromatic carbocycles. The molecule has 0 saturated heterocycles. The van der Waals surface area contributed by atoms with Crippen molar-refractivity contribution >= 4 is 16.1 Å². The van der Waals surface area contributed by atoms with Crippen molar-refractivity contribution in [3.8, 4) is 11.5 Å². The first-order valence-electron chi connectivity index (χ1n) is 6.29. The lowest BCUT2D eigenvalue weighted by atomic mass is 10.1. The molecule has 2 rings (SSSR count). The molecule has 2 aromatic rings. The Hall–Kier alpha value is -2.38. The molecule has 1 unspecified atom stereocenters. The summed E-state index contributed by atoms with van der Waals surface area (Å²) < 4.78 is 32.5. The van der Waals surface area contributed by atoms with Crippen LogP contribution in [-0.4, -0.2) is 25.7 Å². The van der Waals surface area contributed by atoms with E-state index in [2.05, 4.69) is 4.18 Å². The molecule has 0 aromatic heterocycles. The molecule has 0 bridgehead atoms. The van der Waals surface area contributed by atoms with Gasteiger partial charge in [0.15, 0.2) is 6.10 Å². The average molecular weight is 322 g/mol. The zero-order valence-electron chi connectivity index (χ0n) is 11.7. The van der Waals surface area contributed by atoms with E-state index in [4.69, 9.17) is 9.84 Å². The second-order valence-corrected chi connectivity index (χ2v) is 6.11. The van der Waals surface area contributed by atoms with Gasteiger partial charge in [-0.25, -0.2) is 4.79 Å². The Morgan fingerprint density at radius 3 is 2.27 bits per heavy atom. The summed E-state index contributed by atoms with van der Waals surface area (Å²) in [5, 5.41) is 9.14. The van der Waals surface area contributed by atoms with E-state index in [0.29, 0.717) is 11.5 Å². The topological polar surface area (TPSA) is 89.9 Å². The number of ether oxygens (including phenoxy) is 1. The summed E-state index contributed by atoms with van der Waals surface area (Å²) in [5.74, 6) is -0.440. The van der Waals surface area contributed by atoms with Gasteiger partial charge in [0.25, 0.3) is 10.1 Å². The zero-order valence-corrected chi connectivity index (χ0v) is 12.5. The summed E-state index contributed by atoms with van der Waals surface area (Å²) in [6.07, 6.45) is -0.817. The van der Waals surface area contributed by atoms with Gasteiger partial charge >= 0.3 is 5.97 Å². The molecule has 0 aliphatic carbocycles. The van der Waals surface area contributed by atoms with Gasteiger partial charge in [0.05, 0.1) is 6.26 Å². The van der Waals surface area contributed by atoms with E-state index in [1.807, 2.05) is 6.07 Å². The highest BCUT2D eigenvalue weighted by atomic mass is 32.2. The van der Waals surface area contributed by atoms with Crippen LogP contribution in [0.15, 0.2) is 54.6 Å². The first kappa shape index (κ1) is 16.0. The molecule has 0 radical (unpaired) electrons. The van der Waals surface area contributed by atoms with Crippen LogP contribution in [0, 0.1) is 0 Å². The molecule has 6 nitrogen and oxygen atoms in total. The zero-order chi connectivity index (χ0) is 16.2. The molecule has 0 amide bonds. The van der Waals surface area contributed by atoms with Crippen molar-refractivity contribution in [3.63, 3.8) is 0 Å². The van der Waals surface area contributed by atoms with Gasteiger partial charge in [0, 0.05) is 0 Å². The lowest BCUT2D eigenvalue weighted by molar-refractivity contribution is -0.145. The Morgan fingerprint density at radius 1 is 1.05 bits per heavy atom. The number of rotatable bonds is 6. The number of para-hydroxylation sites is 1. The van der Waals surface area contributed by atoms with Crippen molar-refractivity contribution in [1.82, 2.24) is 0 Å². The van der Waals surface area contributed by atoms with E-state index in [0.717, 1.165) is 6.26 Å². The first-order valence-corrected chi connectivity index (χ1v) is 8.11. The molecule has 1 N–H and O–H groups in total. The van der Waals surface area contributed by atoms with Crippen LogP contribution in [-0.2, 0) is 19.1 Å². The number of aliphatic carboxylic acids is 1. The second kappa shape index (κ2) is 6.59. The Morgan fingerprint density at radius 2 is 1.68 bits per heavy atom. The van der Waals surface area contributed by atoms with Crippen molar-refractivity contribution in [3.05, 3.63) is 60.2 Å². The summed E-state index contributed by atoms with van der Waals surface area (Å²) in [7, 11) is -3.91. The molecule has 1 atom stereocenters. The summed E-state index contributed by atoms with van der Waals surface area (Å²) in [6, 6.07) is 15.0. The summed E-state index contributed by atoms with van der Waals surface area (Å²) in [6.45, 7) is 0. The SMILES string of the molecule is CS(=O)(=O)OC(C(=O)O)c1cccc(Oc2ccccc2)c1. The lowest BCUT2D eigenvalue weighted by Gasteiger charge is -2.13. The molecule has 0 fully saturated rings. The van der Waals surface area contributed by atoms with Gasteiger partial charge < -0.3 is 9.84 Å². The highest BCUT2D eigenvalue weighted by molar-refractivity contribution is 7.86. The first-order chi connectivity index (χ1) is 10.3. The molecule has 0 aliphatic rings. The average Bonchev–Trinajstić information content (AvgIpc) is 2.45. The van der Waals surface area contributed by atoms with Crippen LogP contribution in [0.1, 0.15) is 11.7 Å². The standard InChI is InChI=1S/C15H14O6S/c1-22(18,19)21-14(15(16)17)11-6-5-9-13(10-11)20-12-7-3-2-4-8-12/h2-10,14H,1H3,(H,16,17). The number of carboxylic acids is 1. The fraction of sp³-hybridized carbons (Fsp3) is 0.133. The van der Waals surface area contributed by atoms with Gasteiger partial charge in [0.1, 0.15) is 11.5 Å². The van der Waals surface area contributed by atoms with Crippen LogP contribution >= 0.6 is 0 Å². The number of carboxylic acid groups (broad SMARTS) is 1. The maximum absolute atomic E-state index is 11.2. The smallest absolute Gasteiger partial charge is 0.339 e. The van der Waals surface area contributed by atoms with Crippen LogP contribution < -0.4 is 4.74 Å². The van der Waals surface area contributed by atoms with Crippen LogP contribution in [0.5, 0.6) is 11.5 Å². The molecule has 0 spiro atoms. The number of hydrogen-bond acceptors (Lipinski definition) is 5. The molecular formula is C15H14O6S. The highest BCUT2D eigenvalue weighted by Gasteiger charge is 2.25. The molecular weight excluding hydrogens is 308 g/mol. The van der Waals surface area contributed by atoms with Crippen molar-refractivity contribution in [2.24, 2.45) is 0 Å². The van der Waals surface area contributed by atoms with Gasteiger partial charge in [-0.2, -0.15) is 8.42 Å². The van der Waals surface area contributed by atoms with Gasteiger partial charge in [-0.1, -0.05) is 30.3 Å². The van der Waals surface area contributed by atoms with Gasteiger partial charge in [-0.05, 0) is 29.8 Å². The summed E-state index contributed by atoms with van der Waals surface area (Å²) in [4.78, 5) is 11.2. The van der Waals surface area contributed by atoms with Crippen LogP contribution in [0.3, 0.4) is 0 Å². The van der Waals surface area contributed by atoms with Crippen molar-refractivity contribution in [2.45, 2.75) is 6.10 Å². The van der Waals surface area contributed by atoms with Crippen LogP contribution in [0.2, 0.25) is 0 Å². The monoisotopic (exact) mass is 322 g/mol. The molecule has 0 saturated carbocycles. The fourth-order valence-corrected chi connectivity index (χ4v) is 2.32. The Bertz CT molecular complexity index is 755. The van der Waals surface area contributed by atoms with E-state index in [-0.39, 0.29) is 5.56 Å². The second-order valence-electron chi connectivity index (χ2n) is 4.51. The minimum Gasteiger partial charge on any atom is -0.479 e. The van der Waals surface area contributed by atoms with Crippen molar-refractivity contribution in [1.29, 1.82) is 0 Å². The molecule has 7 heteroatoms. The van der Waals surface area contributed by atoms with E-state index in [9.17, 15) is 13.2 Å². The Labute approximate surface area is 128 Å². The predicted octanol–water partition coefficient (Wildman–Crippen LogP) is 2.58. The third-order valence-corrected chi connectivity index (χ3v) is 3.18. The van der Waals surface area contributed by atoms with Crippen molar-refractivity contribution in [2.75, 3.05) is 6.26 Å². The van der Waals surface area contributed by atoms with Crippen LogP contribution in [0.4, 0.5) is 0 Å². The largest absolute Gasteiger partial charge is 0.479 e. The molecule has 116 valence electrons. The minimum absolute atomic E-state index is 0.173. The van der Waals surface area contributed by atoms with E-state index < -0.39 is 22.2 Å². The highest BCUT2D eigenvalue weighted by Crippen LogP contribution is 2.27. The normalized spacial score (nSPS) is 12.6. The number of benzene rings is 2. The van der Waals surface area contributed by atoms with E-state index in [1.165, 1.54) is 12.1 Å². The fourth-order valence-electron chi connectivity index (χ4n) is 1.78. The molecule has 0 aliphatic heterocycles. The molecule has 0 heterocycles. The van der Waals surface area contributed by atoms with Crippen LogP contribution in [0.25, 0.3) is 0 Å². The predicted molar refractivity (Wildman–Crippen MR) is 79.3 cm³/mol. The Kier molecular flexibility index (Phi) is 4.79. The number of hydrogen-bond donors (Lipinski definition) is 1. The van der Waals surface area contributed by atoms with Gasteiger partial charge in [-0.15, -0.1) is 0 Å². The Balaban J connectivity index is 2.27. The molecule has 22 heavy (non-hydrogen) atoms. The van der Waals surface area contributed by atoms with E-state index >= 15 is 0 Å². The summed E-state index contributed by atoms with van der Waals surface area (Å²) in [5.41, 5.74) is 0.173. The number of carbonyl (C=O) groups is 1. The quantitative estimate of drug-likeness (QED) is 0.822. The van der Waals surface area contributed by atoms with Gasteiger partial charge in [-0.3, -0.25) is 4.18 Å². The summed E-state index contributed by atoms with van der Waals surface area (Å²) >= 11 is 0. The van der Waals surface area contributed by atoms with Gasteiger partial charge in [0.2, 0.25) is 0 Å². The third-order valence-electron chi connectivity index (χ3n) is 2.64. The third kappa shape index (κ3) is 4.57.